The van der Waals surface area contributed by atoms with Crippen LogP contribution in [0.15, 0.2) is 30.5 Å². The van der Waals surface area contributed by atoms with Gasteiger partial charge in [0.2, 0.25) is 0 Å². The lowest BCUT2D eigenvalue weighted by atomic mass is 10.3. The summed E-state index contributed by atoms with van der Waals surface area (Å²) in [5.74, 6) is -0.330. The van der Waals surface area contributed by atoms with Crippen molar-refractivity contribution in [2.24, 2.45) is 7.05 Å². The predicted octanol–water partition coefficient (Wildman–Crippen LogP) is 2.19. The Morgan fingerprint density at radius 2 is 2.24 bits per heavy atom. The Bertz CT molecular complexity index is 854. The van der Waals surface area contributed by atoms with E-state index in [0.717, 1.165) is 0 Å². The number of fused-ring (bicyclic) bond motifs is 1. The molecule has 2 heterocycles. The van der Waals surface area contributed by atoms with E-state index < -0.39 is 4.92 Å². The molecule has 21 heavy (non-hydrogen) atoms. The number of anilines is 1. The molecule has 0 bridgehead atoms. The van der Waals surface area contributed by atoms with E-state index >= 15 is 0 Å². The third-order valence-electron chi connectivity index (χ3n) is 2.86. The standard InChI is InChI=1S/C12H9N5O3S/c1-16-9(4-5-13-16)11(18)15-12-14-8-3-2-7(17(19)20)6-10(8)21-12/h2-6H,1H3,(H,14,15,18). The van der Waals surface area contributed by atoms with Crippen LogP contribution >= 0.6 is 11.3 Å². The van der Waals surface area contributed by atoms with Gasteiger partial charge in [-0.1, -0.05) is 11.3 Å². The molecule has 1 N–H and O–H groups in total. The van der Waals surface area contributed by atoms with Crippen LogP contribution in [0.1, 0.15) is 10.5 Å². The molecule has 0 atom stereocenters. The highest BCUT2D eigenvalue weighted by Crippen LogP contribution is 2.29. The monoisotopic (exact) mass is 303 g/mol. The Morgan fingerprint density at radius 1 is 1.43 bits per heavy atom. The van der Waals surface area contributed by atoms with Gasteiger partial charge in [0.05, 0.1) is 15.1 Å². The number of amides is 1. The van der Waals surface area contributed by atoms with Crippen molar-refractivity contribution in [2.75, 3.05) is 5.32 Å². The molecule has 0 unspecified atom stereocenters. The maximum absolute atomic E-state index is 12.0. The second-order valence-corrected chi connectivity index (χ2v) is 5.25. The Kier molecular flexibility index (Phi) is 3.10. The maximum atomic E-state index is 12.0. The molecule has 0 aliphatic heterocycles. The van der Waals surface area contributed by atoms with Crippen molar-refractivity contribution >= 4 is 38.3 Å². The van der Waals surface area contributed by atoms with Gasteiger partial charge < -0.3 is 0 Å². The number of aryl methyl sites for hydroxylation is 1. The zero-order valence-corrected chi connectivity index (χ0v) is 11.6. The second kappa shape index (κ2) is 4.94. The summed E-state index contributed by atoms with van der Waals surface area (Å²) in [4.78, 5) is 26.5. The normalized spacial score (nSPS) is 10.7. The number of hydrogen-bond acceptors (Lipinski definition) is 6. The van der Waals surface area contributed by atoms with Crippen molar-refractivity contribution in [3.8, 4) is 0 Å². The number of nitro benzene ring substituents is 1. The molecule has 0 aliphatic carbocycles. The van der Waals surface area contributed by atoms with Gasteiger partial charge in [-0.05, 0) is 12.1 Å². The molecule has 3 rings (SSSR count). The van der Waals surface area contributed by atoms with Crippen LogP contribution < -0.4 is 5.32 Å². The molecule has 1 aromatic carbocycles. The van der Waals surface area contributed by atoms with Gasteiger partial charge in [0.15, 0.2) is 5.13 Å². The van der Waals surface area contributed by atoms with E-state index in [-0.39, 0.29) is 11.6 Å². The van der Waals surface area contributed by atoms with Gasteiger partial charge >= 0.3 is 0 Å². The summed E-state index contributed by atoms with van der Waals surface area (Å²) < 4.78 is 2.09. The molecule has 8 nitrogen and oxygen atoms in total. The van der Waals surface area contributed by atoms with Crippen molar-refractivity contribution in [2.45, 2.75) is 0 Å². The maximum Gasteiger partial charge on any atom is 0.275 e. The molecular formula is C12H9N5O3S. The molecule has 0 fully saturated rings. The number of non-ortho nitro benzene ring substituents is 1. The lowest BCUT2D eigenvalue weighted by molar-refractivity contribution is -0.384. The van der Waals surface area contributed by atoms with Gasteiger partial charge in [0.1, 0.15) is 5.69 Å². The predicted molar refractivity (Wildman–Crippen MR) is 77.4 cm³/mol. The fourth-order valence-corrected chi connectivity index (χ4v) is 2.73. The molecule has 1 amide bonds. The first kappa shape index (κ1) is 13.2. The first-order valence-electron chi connectivity index (χ1n) is 5.89. The van der Waals surface area contributed by atoms with E-state index in [4.69, 9.17) is 0 Å². The third-order valence-corrected chi connectivity index (χ3v) is 3.79. The number of nitro groups is 1. The van der Waals surface area contributed by atoms with Crippen LogP contribution in [0.2, 0.25) is 0 Å². The zero-order valence-electron chi connectivity index (χ0n) is 10.8. The average Bonchev–Trinajstić information content (AvgIpc) is 3.02. The van der Waals surface area contributed by atoms with E-state index in [2.05, 4.69) is 15.4 Å². The number of carbonyl (C=O) groups excluding carboxylic acids is 1. The highest BCUT2D eigenvalue weighted by molar-refractivity contribution is 7.22. The number of thiazole rings is 1. The first-order valence-corrected chi connectivity index (χ1v) is 6.70. The Hall–Kier alpha value is -2.81. The molecular weight excluding hydrogens is 294 g/mol. The van der Waals surface area contributed by atoms with E-state index in [1.807, 2.05) is 0 Å². The van der Waals surface area contributed by atoms with Gasteiger partial charge in [-0.2, -0.15) is 5.10 Å². The highest BCUT2D eigenvalue weighted by Gasteiger charge is 2.14. The topological polar surface area (TPSA) is 103 Å². The minimum absolute atomic E-state index is 0.00402. The second-order valence-electron chi connectivity index (χ2n) is 4.22. The molecule has 0 spiro atoms. The minimum Gasteiger partial charge on any atom is -0.296 e. The van der Waals surface area contributed by atoms with Crippen molar-refractivity contribution in [1.82, 2.24) is 14.8 Å². The van der Waals surface area contributed by atoms with Crippen molar-refractivity contribution in [3.63, 3.8) is 0 Å². The van der Waals surface area contributed by atoms with Crippen LogP contribution in [-0.4, -0.2) is 25.6 Å². The molecule has 106 valence electrons. The van der Waals surface area contributed by atoms with Gasteiger partial charge in [-0.15, -0.1) is 0 Å². The molecule has 0 aliphatic rings. The van der Waals surface area contributed by atoms with Gasteiger partial charge in [-0.3, -0.25) is 24.9 Å². The molecule has 9 heteroatoms. The van der Waals surface area contributed by atoms with Crippen LogP contribution in [0.5, 0.6) is 0 Å². The fraction of sp³-hybridized carbons (Fsp3) is 0.0833. The number of carbonyl (C=O) groups is 1. The molecule has 0 saturated carbocycles. The number of aromatic nitrogens is 3. The van der Waals surface area contributed by atoms with Crippen molar-refractivity contribution in [1.29, 1.82) is 0 Å². The summed E-state index contributed by atoms with van der Waals surface area (Å²) >= 11 is 1.18. The molecule has 2 aromatic heterocycles. The summed E-state index contributed by atoms with van der Waals surface area (Å²) in [5, 5.41) is 17.7. The zero-order chi connectivity index (χ0) is 15.0. The van der Waals surface area contributed by atoms with Crippen molar-refractivity contribution in [3.05, 3.63) is 46.3 Å². The Labute approximate surface area is 122 Å². The van der Waals surface area contributed by atoms with Crippen molar-refractivity contribution < 1.29 is 9.72 Å². The number of nitrogens with zero attached hydrogens (tertiary/aromatic N) is 4. The summed E-state index contributed by atoms with van der Waals surface area (Å²) in [7, 11) is 1.66. The van der Waals surface area contributed by atoms with Gasteiger partial charge in [-0.25, -0.2) is 4.98 Å². The van der Waals surface area contributed by atoms with Crippen LogP contribution in [0, 0.1) is 10.1 Å². The lowest BCUT2D eigenvalue weighted by Crippen LogP contribution is -2.15. The number of rotatable bonds is 3. The fourth-order valence-electron chi connectivity index (χ4n) is 1.84. The summed E-state index contributed by atoms with van der Waals surface area (Å²) in [5.41, 5.74) is 1.00. The van der Waals surface area contributed by atoms with E-state index in [0.29, 0.717) is 21.0 Å². The van der Waals surface area contributed by atoms with Crippen LogP contribution in [-0.2, 0) is 7.05 Å². The molecule has 0 saturated heterocycles. The average molecular weight is 303 g/mol. The Morgan fingerprint density at radius 3 is 2.90 bits per heavy atom. The van der Waals surface area contributed by atoms with E-state index in [9.17, 15) is 14.9 Å². The summed E-state index contributed by atoms with van der Waals surface area (Å²) in [6.07, 6.45) is 1.52. The van der Waals surface area contributed by atoms with Crippen LogP contribution in [0.4, 0.5) is 10.8 Å². The van der Waals surface area contributed by atoms with E-state index in [1.54, 1.807) is 19.2 Å². The number of nitrogens with one attached hydrogen (secondary N) is 1. The number of benzene rings is 1. The van der Waals surface area contributed by atoms with E-state index in [1.165, 1.54) is 34.3 Å². The summed E-state index contributed by atoms with van der Waals surface area (Å²) in [6.45, 7) is 0. The molecule has 3 aromatic rings. The Balaban J connectivity index is 1.89. The summed E-state index contributed by atoms with van der Waals surface area (Å²) in [6, 6.07) is 5.97. The number of hydrogen-bond donors (Lipinski definition) is 1. The minimum atomic E-state index is -0.465. The SMILES string of the molecule is Cn1nccc1C(=O)Nc1nc2ccc([N+](=O)[O-])cc2s1. The van der Waals surface area contributed by atoms with Crippen LogP contribution in [0.25, 0.3) is 10.2 Å². The largest absolute Gasteiger partial charge is 0.296 e. The van der Waals surface area contributed by atoms with Gasteiger partial charge in [0, 0.05) is 25.4 Å². The quantitative estimate of drug-likeness (QED) is 0.590. The third kappa shape index (κ3) is 2.46. The molecule has 0 radical (unpaired) electrons. The first-order chi connectivity index (χ1) is 10.0. The lowest BCUT2D eigenvalue weighted by Gasteiger charge is -2.00. The van der Waals surface area contributed by atoms with Crippen LogP contribution in [0.3, 0.4) is 0 Å². The van der Waals surface area contributed by atoms with Gasteiger partial charge in [0.25, 0.3) is 11.6 Å². The highest BCUT2D eigenvalue weighted by atomic mass is 32.1. The smallest absolute Gasteiger partial charge is 0.275 e.